The largest absolute Gasteiger partial charge is 0.376 e. The molecule has 0 amide bonds. The van der Waals surface area contributed by atoms with Gasteiger partial charge in [0.2, 0.25) is 10.0 Å². The lowest BCUT2D eigenvalue weighted by atomic mass is 10.1. The van der Waals surface area contributed by atoms with Crippen LogP contribution in [0.15, 0.2) is 4.52 Å². The van der Waals surface area contributed by atoms with Crippen LogP contribution in [-0.4, -0.2) is 58.6 Å². The molecule has 0 unspecified atom stereocenters. The van der Waals surface area contributed by atoms with Crippen molar-refractivity contribution in [3.8, 4) is 11.6 Å². The molecule has 4 rings (SSSR count). The van der Waals surface area contributed by atoms with Crippen LogP contribution in [0.1, 0.15) is 36.8 Å². The van der Waals surface area contributed by atoms with Crippen molar-refractivity contribution in [3.05, 3.63) is 17.1 Å². The number of ether oxygens (including phenoxy) is 1. The molecular weight excluding hydrogens is 370 g/mol. The van der Waals surface area contributed by atoms with Gasteiger partial charge in [-0.2, -0.15) is 10.1 Å². The van der Waals surface area contributed by atoms with Crippen LogP contribution in [0, 0.1) is 5.92 Å². The third kappa shape index (κ3) is 3.92. The Morgan fingerprint density at radius 2 is 2.15 bits per heavy atom. The third-order valence-electron chi connectivity index (χ3n) is 5.18. The fraction of sp³-hybridized carbons (Fsp3) is 0.706. The molecule has 0 N–H and O–H groups in total. The smallest absolute Gasteiger partial charge is 0.278 e. The number of hydrogen-bond acceptors (Lipinski definition) is 7. The van der Waals surface area contributed by atoms with Gasteiger partial charge >= 0.3 is 0 Å². The Kier molecular flexibility index (Phi) is 5.04. The topological polar surface area (TPSA) is 103 Å². The van der Waals surface area contributed by atoms with Gasteiger partial charge in [-0.05, 0) is 25.7 Å². The van der Waals surface area contributed by atoms with Crippen LogP contribution in [0.2, 0.25) is 0 Å². The molecule has 1 aliphatic carbocycles. The van der Waals surface area contributed by atoms with Crippen LogP contribution < -0.4 is 0 Å². The SMILES string of the molecule is CCS(=O)(=O)N(C)CCc1noc(-c2nn(CC3CC3)c3c2COCC3)n1. The summed E-state index contributed by atoms with van der Waals surface area (Å²) >= 11 is 0. The average molecular weight is 395 g/mol. The van der Waals surface area contributed by atoms with Crippen LogP contribution in [0.3, 0.4) is 0 Å². The molecular formula is C17H25N5O4S. The van der Waals surface area contributed by atoms with Crippen LogP contribution >= 0.6 is 0 Å². The normalized spacial score (nSPS) is 17.4. The molecule has 0 atom stereocenters. The predicted octanol–water partition coefficient (Wildman–Crippen LogP) is 1.24. The summed E-state index contributed by atoms with van der Waals surface area (Å²) in [6.07, 6.45) is 3.76. The van der Waals surface area contributed by atoms with Gasteiger partial charge in [0.05, 0.1) is 19.0 Å². The number of nitrogens with zero attached hydrogens (tertiary/aromatic N) is 5. The molecule has 9 nitrogen and oxygen atoms in total. The van der Waals surface area contributed by atoms with E-state index in [0.717, 1.165) is 24.4 Å². The van der Waals surface area contributed by atoms with E-state index in [-0.39, 0.29) is 5.75 Å². The van der Waals surface area contributed by atoms with E-state index < -0.39 is 10.0 Å². The van der Waals surface area contributed by atoms with Gasteiger partial charge in [-0.25, -0.2) is 12.7 Å². The van der Waals surface area contributed by atoms with Crippen molar-refractivity contribution in [3.63, 3.8) is 0 Å². The molecule has 0 saturated heterocycles. The minimum Gasteiger partial charge on any atom is -0.376 e. The maximum Gasteiger partial charge on any atom is 0.278 e. The fourth-order valence-electron chi connectivity index (χ4n) is 3.25. The van der Waals surface area contributed by atoms with Gasteiger partial charge in [-0.1, -0.05) is 5.16 Å². The van der Waals surface area contributed by atoms with Gasteiger partial charge in [0.15, 0.2) is 11.5 Å². The van der Waals surface area contributed by atoms with E-state index in [0.29, 0.717) is 43.6 Å². The first-order valence-electron chi connectivity index (χ1n) is 9.41. The standard InChI is InChI=1S/C17H25N5O4S/c1-3-27(23,24)21(2)8-6-15-18-17(26-20-15)16-13-11-25-9-7-14(13)22(19-16)10-12-4-5-12/h12H,3-11H2,1-2H3. The number of hydrogen-bond donors (Lipinski definition) is 0. The summed E-state index contributed by atoms with van der Waals surface area (Å²) in [5.74, 6) is 1.65. The fourth-order valence-corrected chi connectivity index (χ4v) is 4.06. The van der Waals surface area contributed by atoms with Crippen molar-refractivity contribution < 1.29 is 17.7 Å². The van der Waals surface area contributed by atoms with Gasteiger partial charge in [-0.3, -0.25) is 4.68 Å². The van der Waals surface area contributed by atoms with Crippen LogP contribution in [-0.2, 0) is 40.8 Å². The number of rotatable bonds is 8. The number of aromatic nitrogens is 4. The van der Waals surface area contributed by atoms with E-state index in [4.69, 9.17) is 14.4 Å². The maximum absolute atomic E-state index is 11.8. The van der Waals surface area contributed by atoms with Crippen molar-refractivity contribution >= 4 is 10.0 Å². The van der Waals surface area contributed by atoms with Gasteiger partial charge in [-0.15, -0.1) is 0 Å². The second-order valence-electron chi connectivity index (χ2n) is 7.19. The second-order valence-corrected chi connectivity index (χ2v) is 9.55. The zero-order chi connectivity index (χ0) is 19.0. The van der Waals surface area contributed by atoms with E-state index in [2.05, 4.69) is 14.8 Å². The van der Waals surface area contributed by atoms with Crippen molar-refractivity contribution in [1.29, 1.82) is 0 Å². The Balaban J connectivity index is 1.52. The summed E-state index contributed by atoms with van der Waals surface area (Å²) in [6.45, 7) is 4.08. The van der Waals surface area contributed by atoms with E-state index in [1.807, 2.05) is 0 Å². The summed E-state index contributed by atoms with van der Waals surface area (Å²) in [7, 11) is -1.65. The van der Waals surface area contributed by atoms with Crippen molar-refractivity contribution in [2.75, 3.05) is 26.0 Å². The zero-order valence-corrected chi connectivity index (χ0v) is 16.5. The first kappa shape index (κ1) is 18.6. The molecule has 3 heterocycles. The number of fused-ring (bicyclic) bond motifs is 1. The molecule has 0 bridgehead atoms. The van der Waals surface area contributed by atoms with Crippen molar-refractivity contribution in [1.82, 2.24) is 24.2 Å². The lowest BCUT2D eigenvalue weighted by molar-refractivity contribution is 0.109. The van der Waals surface area contributed by atoms with E-state index in [1.165, 1.54) is 22.8 Å². The lowest BCUT2D eigenvalue weighted by Crippen LogP contribution is -2.30. The minimum atomic E-state index is -3.21. The van der Waals surface area contributed by atoms with Crippen LogP contribution in [0.25, 0.3) is 11.6 Å². The third-order valence-corrected chi connectivity index (χ3v) is 7.05. The van der Waals surface area contributed by atoms with Crippen LogP contribution in [0.5, 0.6) is 0 Å². The first-order chi connectivity index (χ1) is 13.0. The summed E-state index contributed by atoms with van der Waals surface area (Å²) < 4.78 is 38.1. The Morgan fingerprint density at radius 3 is 2.89 bits per heavy atom. The number of likely N-dealkylation sites (N-methyl/N-ethyl adjacent to an activating group) is 1. The summed E-state index contributed by atoms with van der Waals surface area (Å²) in [4.78, 5) is 4.45. The quantitative estimate of drug-likeness (QED) is 0.662. The molecule has 1 aliphatic heterocycles. The van der Waals surface area contributed by atoms with Gasteiger partial charge < -0.3 is 9.26 Å². The van der Waals surface area contributed by atoms with Gasteiger partial charge in [0, 0.05) is 44.2 Å². The highest BCUT2D eigenvalue weighted by Crippen LogP contribution is 2.34. The second kappa shape index (κ2) is 7.33. The van der Waals surface area contributed by atoms with Crippen molar-refractivity contribution in [2.45, 2.75) is 45.8 Å². The minimum absolute atomic E-state index is 0.0750. The predicted molar refractivity (Wildman–Crippen MR) is 97.4 cm³/mol. The van der Waals surface area contributed by atoms with E-state index in [9.17, 15) is 8.42 Å². The highest BCUT2D eigenvalue weighted by molar-refractivity contribution is 7.89. The average Bonchev–Trinajstić information content (AvgIpc) is 3.24. The molecule has 1 saturated carbocycles. The van der Waals surface area contributed by atoms with Crippen molar-refractivity contribution in [2.24, 2.45) is 5.92 Å². The molecule has 2 aromatic heterocycles. The van der Waals surface area contributed by atoms with Crippen LogP contribution in [0.4, 0.5) is 0 Å². The molecule has 10 heteroatoms. The maximum atomic E-state index is 11.8. The highest BCUT2D eigenvalue weighted by Gasteiger charge is 2.29. The Labute approximate surface area is 158 Å². The molecule has 0 aromatic carbocycles. The van der Waals surface area contributed by atoms with Gasteiger partial charge in [0.1, 0.15) is 0 Å². The van der Waals surface area contributed by atoms with Gasteiger partial charge in [0.25, 0.3) is 5.89 Å². The molecule has 2 aromatic rings. The summed E-state index contributed by atoms with van der Waals surface area (Å²) in [5, 5.41) is 8.74. The molecule has 0 spiro atoms. The zero-order valence-electron chi connectivity index (χ0n) is 15.7. The molecule has 27 heavy (non-hydrogen) atoms. The highest BCUT2D eigenvalue weighted by atomic mass is 32.2. The number of sulfonamides is 1. The summed E-state index contributed by atoms with van der Waals surface area (Å²) in [5.41, 5.74) is 2.93. The Morgan fingerprint density at radius 1 is 1.33 bits per heavy atom. The Bertz CT molecular complexity index is 916. The first-order valence-corrected chi connectivity index (χ1v) is 11.0. The summed E-state index contributed by atoms with van der Waals surface area (Å²) in [6, 6.07) is 0. The molecule has 1 fully saturated rings. The Hall–Kier alpha value is -1.78. The lowest BCUT2D eigenvalue weighted by Gasteiger charge is -2.14. The molecule has 0 radical (unpaired) electrons. The molecule has 148 valence electrons. The monoisotopic (exact) mass is 395 g/mol. The van der Waals surface area contributed by atoms with E-state index in [1.54, 1.807) is 14.0 Å². The molecule has 2 aliphatic rings. The van der Waals surface area contributed by atoms with E-state index >= 15 is 0 Å².